The average molecular weight is 502 g/mol. The first-order chi connectivity index (χ1) is 12.4. The summed E-state index contributed by atoms with van der Waals surface area (Å²) in [5.74, 6) is 0.894. The molecule has 1 aromatic carbocycles. The van der Waals surface area contributed by atoms with Crippen molar-refractivity contribution in [3.63, 3.8) is 0 Å². The molecule has 0 spiro atoms. The van der Waals surface area contributed by atoms with Crippen LogP contribution in [-0.4, -0.2) is 18.1 Å². The van der Waals surface area contributed by atoms with Crippen molar-refractivity contribution in [2.75, 3.05) is 12.4 Å². The number of benzene rings is 1. The Morgan fingerprint density at radius 1 is 1.35 bits per heavy atom. The zero-order chi connectivity index (χ0) is 18.6. The summed E-state index contributed by atoms with van der Waals surface area (Å²) < 4.78 is 6.66. The number of nitrogens with one attached hydrogen (secondary N) is 2. The molecule has 0 saturated heterocycles. The van der Waals surface area contributed by atoms with Crippen molar-refractivity contribution < 1.29 is 14.6 Å². The Bertz CT molecular complexity index is 913. The highest BCUT2D eigenvalue weighted by Crippen LogP contribution is 2.47. The molecule has 1 aliphatic carbocycles. The predicted octanol–water partition coefficient (Wildman–Crippen LogP) is 4.97. The number of hydrogen-bond donors (Lipinski definition) is 3. The molecule has 2 aliphatic rings. The van der Waals surface area contributed by atoms with Gasteiger partial charge in [0.15, 0.2) is 11.5 Å². The van der Waals surface area contributed by atoms with Gasteiger partial charge in [0, 0.05) is 13.8 Å². The lowest BCUT2D eigenvalue weighted by Crippen LogP contribution is -2.38. The number of aromatic hydroxyl groups is 1. The van der Waals surface area contributed by atoms with Crippen molar-refractivity contribution in [2.45, 2.75) is 32.4 Å². The summed E-state index contributed by atoms with van der Waals surface area (Å²) in [7, 11) is 1.50. The summed E-state index contributed by atoms with van der Waals surface area (Å²) in [4.78, 5) is 14.2. The van der Waals surface area contributed by atoms with Crippen LogP contribution in [0.2, 0.25) is 0 Å². The number of carbonyl (C=O) groups excluding carboxylic acids is 1. The number of ether oxygens (including phenoxy) is 1. The van der Waals surface area contributed by atoms with E-state index in [1.165, 1.54) is 17.6 Å². The average Bonchev–Trinajstić information content (AvgIpc) is 2.96. The number of hydrogen-bond acceptors (Lipinski definition) is 5. The Hall–Kier alpha value is -1.25. The van der Waals surface area contributed by atoms with E-state index in [0.29, 0.717) is 21.7 Å². The van der Waals surface area contributed by atoms with Gasteiger partial charge in [0.1, 0.15) is 11.2 Å². The summed E-state index contributed by atoms with van der Waals surface area (Å²) in [6.07, 6.45) is 2.53. The zero-order valence-electron chi connectivity index (χ0n) is 14.3. The van der Waals surface area contributed by atoms with E-state index in [0.717, 1.165) is 34.3 Å². The van der Waals surface area contributed by atoms with Gasteiger partial charge in [-0.05, 0) is 68.7 Å². The van der Waals surface area contributed by atoms with E-state index in [-0.39, 0.29) is 11.7 Å². The molecule has 0 fully saturated rings. The van der Waals surface area contributed by atoms with Crippen molar-refractivity contribution >= 4 is 54.1 Å². The second-order valence-electron chi connectivity index (χ2n) is 6.74. The Morgan fingerprint density at radius 3 is 2.85 bits per heavy atom. The monoisotopic (exact) mass is 500 g/mol. The molecule has 1 aromatic heterocycles. The van der Waals surface area contributed by atoms with Gasteiger partial charge in [0.2, 0.25) is 0 Å². The molecule has 2 aromatic rings. The number of methoxy groups -OCH3 is 1. The van der Waals surface area contributed by atoms with Crippen LogP contribution in [0.25, 0.3) is 0 Å². The zero-order valence-corrected chi connectivity index (χ0v) is 18.3. The second kappa shape index (κ2) is 6.73. The minimum absolute atomic E-state index is 0.00114. The van der Waals surface area contributed by atoms with E-state index in [2.05, 4.69) is 49.4 Å². The van der Waals surface area contributed by atoms with Gasteiger partial charge in [0.25, 0.3) is 5.91 Å². The molecular formula is C18H18Br2N2O3S. The molecule has 0 unspecified atom stereocenters. The number of carbonyl (C=O) groups is 1. The Balaban J connectivity index is 1.77. The highest BCUT2D eigenvalue weighted by Gasteiger charge is 2.35. The van der Waals surface area contributed by atoms with Crippen LogP contribution >= 0.6 is 43.2 Å². The maximum Gasteiger partial charge on any atom is 0.256 e. The lowest BCUT2D eigenvalue weighted by atomic mass is 9.88. The molecule has 1 aliphatic heterocycles. The number of anilines is 1. The van der Waals surface area contributed by atoms with E-state index in [1.807, 2.05) is 0 Å². The molecule has 2 heterocycles. The summed E-state index contributed by atoms with van der Waals surface area (Å²) in [5.41, 5.74) is 2.49. The summed E-state index contributed by atoms with van der Waals surface area (Å²) in [6, 6.07) is 1.68. The summed E-state index contributed by atoms with van der Waals surface area (Å²) >= 11 is 8.62. The summed E-state index contributed by atoms with van der Waals surface area (Å²) in [5, 5.41) is 17.9. The molecule has 0 radical (unpaired) electrons. The van der Waals surface area contributed by atoms with Crippen LogP contribution in [0.3, 0.4) is 0 Å². The fourth-order valence-corrected chi connectivity index (χ4v) is 6.03. The van der Waals surface area contributed by atoms with Crippen LogP contribution in [0, 0.1) is 5.92 Å². The number of thiophene rings is 1. The van der Waals surface area contributed by atoms with Gasteiger partial charge in [-0.25, -0.2) is 0 Å². The standard InChI is InChI=1S/C18H18Br2N2O3S/c1-7-3-4-8-11(5-7)26-18-12(8)17(24)21-16(22-18)13-14(20)9(19)6-10(25-2)15(13)23/h6-7,16,22-23H,3-5H2,1-2H3,(H,21,24)/t7-,16+/m0/s1. The largest absolute Gasteiger partial charge is 0.504 e. The molecule has 138 valence electrons. The number of fused-ring (bicyclic) bond motifs is 3. The maximum absolute atomic E-state index is 12.9. The topological polar surface area (TPSA) is 70.6 Å². The minimum Gasteiger partial charge on any atom is -0.504 e. The third-order valence-electron chi connectivity index (χ3n) is 4.99. The van der Waals surface area contributed by atoms with E-state index in [9.17, 15) is 9.90 Å². The molecule has 2 atom stereocenters. The molecule has 0 saturated carbocycles. The first-order valence-corrected chi connectivity index (χ1v) is 10.8. The van der Waals surface area contributed by atoms with E-state index in [4.69, 9.17) is 4.74 Å². The molecule has 1 amide bonds. The molecule has 5 nitrogen and oxygen atoms in total. The lowest BCUT2D eigenvalue weighted by Gasteiger charge is -2.28. The number of halogens is 2. The van der Waals surface area contributed by atoms with Crippen molar-refractivity contribution in [2.24, 2.45) is 5.92 Å². The van der Waals surface area contributed by atoms with E-state index in [1.54, 1.807) is 17.4 Å². The van der Waals surface area contributed by atoms with Gasteiger partial charge in [-0.2, -0.15) is 0 Å². The van der Waals surface area contributed by atoms with Gasteiger partial charge in [0.05, 0.1) is 18.2 Å². The smallest absolute Gasteiger partial charge is 0.256 e. The van der Waals surface area contributed by atoms with Crippen LogP contribution in [0.15, 0.2) is 15.0 Å². The van der Waals surface area contributed by atoms with E-state index < -0.39 is 6.17 Å². The fraction of sp³-hybridized carbons (Fsp3) is 0.389. The van der Waals surface area contributed by atoms with Crippen LogP contribution in [-0.2, 0) is 12.8 Å². The number of amides is 1. The van der Waals surface area contributed by atoms with Gasteiger partial charge < -0.3 is 20.5 Å². The van der Waals surface area contributed by atoms with Crippen LogP contribution in [0.4, 0.5) is 5.00 Å². The van der Waals surface area contributed by atoms with Gasteiger partial charge >= 0.3 is 0 Å². The first-order valence-electron chi connectivity index (χ1n) is 8.37. The third-order valence-corrected chi connectivity index (χ3v) is 8.19. The quantitative estimate of drug-likeness (QED) is 0.543. The summed E-state index contributed by atoms with van der Waals surface area (Å²) in [6.45, 7) is 2.25. The third kappa shape index (κ3) is 2.82. The van der Waals surface area contributed by atoms with Crippen molar-refractivity contribution in [1.29, 1.82) is 0 Å². The SMILES string of the molecule is COc1cc(Br)c(Br)c([C@@H]2NC(=O)c3c(sc4c3CC[C@H](C)C4)N2)c1O. The van der Waals surface area contributed by atoms with Crippen molar-refractivity contribution in [3.05, 3.63) is 36.6 Å². The highest BCUT2D eigenvalue weighted by molar-refractivity contribution is 9.13. The first kappa shape index (κ1) is 18.1. The van der Waals surface area contributed by atoms with Crippen molar-refractivity contribution in [3.8, 4) is 11.5 Å². The Kier molecular flexibility index (Phi) is 4.69. The molecule has 3 N–H and O–H groups in total. The predicted molar refractivity (Wildman–Crippen MR) is 109 cm³/mol. The number of phenolic OH excluding ortho intramolecular Hbond substituents is 1. The molecule has 0 bridgehead atoms. The normalized spacial score (nSPS) is 21.5. The molecule has 4 rings (SSSR count). The Labute approximate surface area is 172 Å². The van der Waals surface area contributed by atoms with E-state index >= 15 is 0 Å². The van der Waals surface area contributed by atoms with Crippen molar-refractivity contribution in [1.82, 2.24) is 5.32 Å². The van der Waals surface area contributed by atoms with Crippen LogP contribution in [0.1, 0.15) is 45.9 Å². The Morgan fingerprint density at radius 2 is 2.12 bits per heavy atom. The van der Waals surface area contributed by atoms with Gasteiger partial charge in [-0.15, -0.1) is 11.3 Å². The fourth-order valence-electron chi connectivity index (χ4n) is 3.64. The van der Waals surface area contributed by atoms with Gasteiger partial charge in [-0.1, -0.05) is 6.92 Å². The number of rotatable bonds is 2. The van der Waals surface area contributed by atoms with Gasteiger partial charge in [-0.3, -0.25) is 4.79 Å². The van der Waals surface area contributed by atoms with Crippen LogP contribution in [0.5, 0.6) is 11.5 Å². The van der Waals surface area contributed by atoms with Crippen LogP contribution < -0.4 is 15.4 Å². The molecular weight excluding hydrogens is 484 g/mol. The maximum atomic E-state index is 12.9. The minimum atomic E-state index is -0.548. The highest BCUT2D eigenvalue weighted by atomic mass is 79.9. The lowest BCUT2D eigenvalue weighted by molar-refractivity contribution is 0.0934. The molecule has 8 heteroatoms. The molecule has 26 heavy (non-hydrogen) atoms. The number of phenols is 1. The second-order valence-corrected chi connectivity index (χ2v) is 9.50.